The first-order valence-electron chi connectivity index (χ1n) is 8.71. The van der Waals surface area contributed by atoms with Crippen molar-refractivity contribution in [3.63, 3.8) is 0 Å². The molecule has 0 aliphatic carbocycles. The number of hydrogen-bond donors (Lipinski definition) is 3. The van der Waals surface area contributed by atoms with Gasteiger partial charge < -0.3 is 26.0 Å². The van der Waals surface area contributed by atoms with E-state index in [1.54, 1.807) is 0 Å². The zero-order valence-corrected chi connectivity index (χ0v) is 14.5. The summed E-state index contributed by atoms with van der Waals surface area (Å²) in [6.45, 7) is 3.99. The maximum absolute atomic E-state index is 6.03. The third-order valence-electron chi connectivity index (χ3n) is 4.41. The average Bonchev–Trinajstić information content (AvgIpc) is 2.69. The molecular weight excluding hydrogens is 328 g/mol. The number of fused-ring (bicyclic) bond motifs is 1. The normalized spacial score (nSPS) is 17.2. The van der Waals surface area contributed by atoms with Crippen LogP contribution in [0.25, 0.3) is 0 Å². The largest absolute Gasteiger partial charge is 0.378 e. The van der Waals surface area contributed by atoms with Crippen molar-refractivity contribution in [2.75, 3.05) is 41.8 Å². The van der Waals surface area contributed by atoms with Gasteiger partial charge in [0.1, 0.15) is 0 Å². The molecule has 2 aromatic rings. The summed E-state index contributed by atoms with van der Waals surface area (Å²) in [5, 5.41) is 6.30. The molecule has 0 amide bonds. The summed E-state index contributed by atoms with van der Waals surface area (Å²) in [4.78, 5) is 11.1. The van der Waals surface area contributed by atoms with Gasteiger partial charge >= 0.3 is 0 Å². The molecule has 2 aliphatic rings. The van der Waals surface area contributed by atoms with Gasteiger partial charge in [0.25, 0.3) is 0 Å². The summed E-state index contributed by atoms with van der Waals surface area (Å²) in [6, 6.07) is 16.2. The molecule has 1 saturated heterocycles. The van der Waals surface area contributed by atoms with Crippen molar-refractivity contribution in [1.29, 1.82) is 0 Å². The first-order valence-corrected chi connectivity index (χ1v) is 8.71. The lowest BCUT2D eigenvalue weighted by atomic mass is 10.1. The number of aliphatic imine (C=N–C) groups is 2. The minimum atomic E-state index is 0.301. The summed E-state index contributed by atoms with van der Waals surface area (Å²) in [5.74, 6) is 0.813. The van der Waals surface area contributed by atoms with Crippen LogP contribution >= 0.6 is 0 Å². The quantitative estimate of drug-likeness (QED) is 0.571. The van der Waals surface area contributed by atoms with E-state index in [0.29, 0.717) is 18.5 Å². The first-order chi connectivity index (χ1) is 12.8. The first kappa shape index (κ1) is 16.4. The second-order valence-corrected chi connectivity index (χ2v) is 6.19. The Labute approximate surface area is 152 Å². The molecular formula is C19H22N6O. The monoisotopic (exact) mass is 350 g/mol. The Hall–Kier alpha value is -3.06. The number of rotatable bonds is 2. The molecule has 4 N–H and O–H groups in total. The van der Waals surface area contributed by atoms with Crippen LogP contribution in [0.3, 0.4) is 0 Å². The summed E-state index contributed by atoms with van der Waals surface area (Å²) in [5.41, 5.74) is 10.3. The molecule has 0 atom stereocenters. The fraction of sp³-hybridized carbons (Fsp3) is 0.263. The number of benzene rings is 2. The van der Waals surface area contributed by atoms with E-state index in [2.05, 4.69) is 37.7 Å². The van der Waals surface area contributed by atoms with Gasteiger partial charge in [0.15, 0.2) is 0 Å². The molecule has 2 aromatic carbocycles. The Bertz CT molecular complexity index is 824. The molecule has 1 fully saturated rings. The van der Waals surface area contributed by atoms with Crippen LogP contribution in [0.4, 0.5) is 17.1 Å². The second kappa shape index (κ2) is 7.45. The molecule has 134 valence electrons. The molecule has 0 radical (unpaired) electrons. The van der Waals surface area contributed by atoms with Crippen LogP contribution in [-0.2, 0) is 11.3 Å². The highest BCUT2D eigenvalue weighted by Gasteiger charge is 2.12. The fourth-order valence-electron chi connectivity index (χ4n) is 3.03. The zero-order valence-electron chi connectivity index (χ0n) is 14.5. The fourth-order valence-corrected chi connectivity index (χ4v) is 3.03. The van der Waals surface area contributed by atoms with Crippen LogP contribution in [0.1, 0.15) is 5.56 Å². The van der Waals surface area contributed by atoms with E-state index in [4.69, 9.17) is 10.5 Å². The maximum atomic E-state index is 6.03. The number of morpholine rings is 1. The molecule has 0 spiro atoms. The highest BCUT2D eigenvalue weighted by molar-refractivity contribution is 6.06. The molecule has 26 heavy (non-hydrogen) atoms. The SMILES string of the molecule is NC(=NC1=NCc2ccccc2N1)Nc1ccc(N2CCOCC2)cc1. The highest BCUT2D eigenvalue weighted by atomic mass is 16.5. The Morgan fingerprint density at radius 1 is 1.12 bits per heavy atom. The van der Waals surface area contributed by atoms with Gasteiger partial charge in [-0.3, -0.25) is 0 Å². The Morgan fingerprint density at radius 3 is 2.69 bits per heavy atom. The molecule has 0 aromatic heterocycles. The van der Waals surface area contributed by atoms with Crippen LogP contribution in [0.5, 0.6) is 0 Å². The molecule has 7 nitrogen and oxygen atoms in total. The predicted octanol–water partition coefficient (Wildman–Crippen LogP) is 2.23. The van der Waals surface area contributed by atoms with Crippen molar-refractivity contribution >= 4 is 29.0 Å². The van der Waals surface area contributed by atoms with E-state index in [-0.39, 0.29) is 0 Å². The minimum absolute atomic E-state index is 0.301. The molecule has 7 heteroatoms. The number of anilines is 3. The van der Waals surface area contributed by atoms with E-state index in [1.807, 2.05) is 36.4 Å². The van der Waals surface area contributed by atoms with Gasteiger partial charge in [0, 0.05) is 30.2 Å². The van der Waals surface area contributed by atoms with Crippen LogP contribution in [0, 0.1) is 0 Å². The number of nitrogens with one attached hydrogen (secondary N) is 2. The van der Waals surface area contributed by atoms with Gasteiger partial charge in [0.05, 0.1) is 19.8 Å². The number of hydrogen-bond acceptors (Lipinski definition) is 5. The van der Waals surface area contributed by atoms with Gasteiger partial charge in [-0.1, -0.05) is 18.2 Å². The molecule has 0 unspecified atom stereocenters. The molecule has 2 aliphatic heterocycles. The van der Waals surface area contributed by atoms with E-state index in [1.165, 1.54) is 5.69 Å². The highest BCUT2D eigenvalue weighted by Crippen LogP contribution is 2.21. The molecule has 0 bridgehead atoms. The molecule has 0 saturated carbocycles. The topological polar surface area (TPSA) is 87.3 Å². The van der Waals surface area contributed by atoms with E-state index < -0.39 is 0 Å². The lowest BCUT2D eigenvalue weighted by Crippen LogP contribution is -2.36. The Morgan fingerprint density at radius 2 is 1.88 bits per heavy atom. The maximum Gasteiger partial charge on any atom is 0.226 e. The standard InChI is InChI=1S/C19H22N6O/c20-18(24-19-21-13-14-3-1-2-4-17(14)23-19)22-15-5-7-16(8-6-15)25-9-11-26-12-10-25/h1-8H,9-13H2,(H4,20,21,22,23,24). The van der Waals surface area contributed by atoms with Crippen molar-refractivity contribution in [3.05, 3.63) is 54.1 Å². The lowest BCUT2D eigenvalue weighted by Gasteiger charge is -2.28. The third-order valence-corrected chi connectivity index (χ3v) is 4.41. The van der Waals surface area contributed by atoms with Gasteiger partial charge in [-0.2, -0.15) is 4.99 Å². The van der Waals surface area contributed by atoms with Crippen LogP contribution in [0.15, 0.2) is 58.5 Å². The predicted molar refractivity (Wildman–Crippen MR) is 106 cm³/mol. The van der Waals surface area contributed by atoms with Gasteiger partial charge in [0.2, 0.25) is 11.9 Å². The third kappa shape index (κ3) is 3.78. The lowest BCUT2D eigenvalue weighted by molar-refractivity contribution is 0.122. The Kier molecular flexibility index (Phi) is 4.70. The van der Waals surface area contributed by atoms with Gasteiger partial charge in [-0.25, -0.2) is 4.99 Å². The zero-order chi connectivity index (χ0) is 17.8. The number of nitrogens with two attached hydrogens (primary N) is 1. The van der Waals surface area contributed by atoms with Crippen LogP contribution in [-0.4, -0.2) is 38.2 Å². The summed E-state index contributed by atoms with van der Waals surface area (Å²) >= 11 is 0. The van der Waals surface area contributed by atoms with Gasteiger partial charge in [-0.15, -0.1) is 0 Å². The summed E-state index contributed by atoms with van der Waals surface area (Å²) in [7, 11) is 0. The van der Waals surface area contributed by atoms with Crippen LogP contribution < -0.4 is 21.3 Å². The smallest absolute Gasteiger partial charge is 0.226 e. The number of guanidine groups is 2. The van der Waals surface area contributed by atoms with Crippen molar-refractivity contribution in [3.8, 4) is 0 Å². The van der Waals surface area contributed by atoms with Crippen molar-refractivity contribution < 1.29 is 4.74 Å². The van der Waals surface area contributed by atoms with Crippen molar-refractivity contribution in [2.24, 2.45) is 15.7 Å². The van der Waals surface area contributed by atoms with Crippen molar-refractivity contribution in [2.45, 2.75) is 6.54 Å². The van der Waals surface area contributed by atoms with E-state index in [9.17, 15) is 0 Å². The number of para-hydroxylation sites is 1. The van der Waals surface area contributed by atoms with Gasteiger partial charge in [-0.05, 0) is 35.9 Å². The van der Waals surface area contributed by atoms with E-state index in [0.717, 1.165) is 43.2 Å². The van der Waals surface area contributed by atoms with E-state index >= 15 is 0 Å². The molecule has 4 rings (SSSR count). The summed E-state index contributed by atoms with van der Waals surface area (Å²) in [6.07, 6.45) is 0. The Balaban J connectivity index is 1.39. The second-order valence-electron chi connectivity index (χ2n) is 6.19. The number of ether oxygens (including phenoxy) is 1. The minimum Gasteiger partial charge on any atom is -0.378 e. The average molecular weight is 350 g/mol. The van der Waals surface area contributed by atoms with Crippen LogP contribution in [0.2, 0.25) is 0 Å². The summed E-state index contributed by atoms with van der Waals surface area (Å²) < 4.78 is 5.39. The molecule has 2 heterocycles. The number of nitrogens with zero attached hydrogens (tertiary/aromatic N) is 3. The van der Waals surface area contributed by atoms with Crippen molar-refractivity contribution in [1.82, 2.24) is 0 Å².